The monoisotopic (exact) mass is 395 g/mol. The minimum absolute atomic E-state index is 0.167. The Morgan fingerprint density at radius 3 is 2.82 bits per heavy atom. The molecule has 0 radical (unpaired) electrons. The number of ether oxygens (including phenoxy) is 2. The van der Waals surface area contributed by atoms with Crippen LogP contribution in [0.2, 0.25) is 0 Å². The van der Waals surface area contributed by atoms with Gasteiger partial charge in [0.25, 0.3) is 0 Å². The highest BCUT2D eigenvalue weighted by molar-refractivity contribution is 7.09. The lowest BCUT2D eigenvalue weighted by molar-refractivity contribution is -0.116. The number of hydrogen-bond acceptors (Lipinski definition) is 6. The number of nitrogens with zero attached hydrogens (tertiary/aromatic N) is 2. The summed E-state index contributed by atoms with van der Waals surface area (Å²) in [6.45, 7) is 0.512. The number of carbonyl (C=O) groups is 1. The Hall–Kier alpha value is -3.19. The second kappa shape index (κ2) is 9.66. The van der Waals surface area contributed by atoms with E-state index in [2.05, 4.69) is 15.3 Å². The number of hydrogen-bond donors (Lipinski definition) is 1. The maximum atomic E-state index is 12.1. The number of benzene rings is 1. The van der Waals surface area contributed by atoms with Crippen LogP contribution in [-0.4, -0.2) is 36.6 Å². The van der Waals surface area contributed by atoms with Gasteiger partial charge in [-0.3, -0.25) is 9.78 Å². The van der Waals surface area contributed by atoms with Crippen LogP contribution in [0.5, 0.6) is 11.5 Å². The van der Waals surface area contributed by atoms with Gasteiger partial charge in [-0.25, -0.2) is 4.98 Å². The van der Waals surface area contributed by atoms with Gasteiger partial charge in [0.2, 0.25) is 5.91 Å². The first-order chi connectivity index (χ1) is 13.7. The van der Waals surface area contributed by atoms with Crippen LogP contribution in [0.15, 0.2) is 54.1 Å². The predicted molar refractivity (Wildman–Crippen MR) is 111 cm³/mol. The molecule has 0 saturated carbocycles. The normalized spacial score (nSPS) is 10.8. The van der Waals surface area contributed by atoms with Gasteiger partial charge in [-0.15, -0.1) is 11.3 Å². The van der Waals surface area contributed by atoms with Crippen molar-refractivity contribution in [3.63, 3.8) is 0 Å². The number of rotatable bonds is 8. The fourth-order valence-corrected chi connectivity index (χ4v) is 3.32. The zero-order chi connectivity index (χ0) is 19.8. The van der Waals surface area contributed by atoms with Gasteiger partial charge < -0.3 is 14.8 Å². The first kappa shape index (κ1) is 19.6. The number of carbonyl (C=O) groups excluding carboxylic acids is 1. The van der Waals surface area contributed by atoms with Gasteiger partial charge in [0.1, 0.15) is 11.5 Å². The molecule has 0 aliphatic carbocycles. The lowest BCUT2D eigenvalue weighted by Gasteiger charge is -2.07. The van der Waals surface area contributed by atoms with E-state index in [0.29, 0.717) is 24.5 Å². The number of nitrogens with one attached hydrogen (secondary N) is 1. The third-order valence-electron chi connectivity index (χ3n) is 3.97. The second-order valence-electron chi connectivity index (χ2n) is 5.82. The Labute approximate surface area is 167 Å². The molecule has 1 aromatic carbocycles. The van der Waals surface area contributed by atoms with Crippen LogP contribution in [0.3, 0.4) is 0 Å². The van der Waals surface area contributed by atoms with Crippen molar-refractivity contribution < 1.29 is 14.3 Å². The first-order valence-electron chi connectivity index (χ1n) is 8.73. The molecule has 0 unspecified atom stereocenters. The highest BCUT2D eigenvalue weighted by atomic mass is 32.1. The Kier molecular flexibility index (Phi) is 6.75. The second-order valence-corrected chi connectivity index (χ2v) is 6.77. The molecule has 0 saturated heterocycles. The summed E-state index contributed by atoms with van der Waals surface area (Å²) in [7, 11) is 3.18. The van der Waals surface area contributed by atoms with E-state index in [1.54, 1.807) is 43.9 Å². The molecule has 3 rings (SSSR count). The molecule has 6 nitrogen and oxygen atoms in total. The van der Waals surface area contributed by atoms with Crippen LogP contribution in [0.1, 0.15) is 10.6 Å². The number of methoxy groups -OCH3 is 2. The largest absolute Gasteiger partial charge is 0.497 e. The summed E-state index contributed by atoms with van der Waals surface area (Å²) in [6, 6.07) is 11.2. The van der Waals surface area contributed by atoms with Crippen molar-refractivity contribution in [2.75, 3.05) is 20.8 Å². The van der Waals surface area contributed by atoms with E-state index >= 15 is 0 Å². The van der Waals surface area contributed by atoms with E-state index in [1.807, 2.05) is 35.7 Å². The van der Waals surface area contributed by atoms with E-state index < -0.39 is 0 Å². The van der Waals surface area contributed by atoms with Crippen molar-refractivity contribution in [2.24, 2.45) is 0 Å². The molecular formula is C21H21N3O3S. The minimum Gasteiger partial charge on any atom is -0.497 e. The fraction of sp³-hybridized carbons (Fsp3) is 0.190. The molecule has 0 atom stereocenters. The van der Waals surface area contributed by atoms with Crippen molar-refractivity contribution >= 4 is 23.3 Å². The summed E-state index contributed by atoms with van der Waals surface area (Å²) >= 11 is 1.57. The summed E-state index contributed by atoms with van der Waals surface area (Å²) in [5.74, 6) is 1.18. The summed E-state index contributed by atoms with van der Waals surface area (Å²) in [5, 5.41) is 5.81. The topological polar surface area (TPSA) is 73.3 Å². The van der Waals surface area contributed by atoms with E-state index in [1.165, 1.54) is 6.08 Å². The average molecular weight is 395 g/mol. The van der Waals surface area contributed by atoms with E-state index in [0.717, 1.165) is 22.0 Å². The number of pyridine rings is 1. The molecule has 2 heterocycles. The van der Waals surface area contributed by atoms with Crippen molar-refractivity contribution in [1.29, 1.82) is 0 Å². The molecule has 1 amide bonds. The molecule has 1 N–H and O–H groups in total. The zero-order valence-corrected chi connectivity index (χ0v) is 16.5. The molecule has 144 valence electrons. The molecule has 7 heteroatoms. The summed E-state index contributed by atoms with van der Waals surface area (Å²) in [6.07, 6.45) is 5.63. The van der Waals surface area contributed by atoms with Gasteiger partial charge in [-0.05, 0) is 30.3 Å². The Morgan fingerprint density at radius 2 is 2.07 bits per heavy atom. The molecule has 0 bridgehead atoms. The van der Waals surface area contributed by atoms with Crippen molar-refractivity contribution in [2.45, 2.75) is 6.42 Å². The van der Waals surface area contributed by atoms with Gasteiger partial charge in [-0.2, -0.15) is 0 Å². The molecule has 0 aliphatic heterocycles. The van der Waals surface area contributed by atoms with Gasteiger partial charge in [-0.1, -0.05) is 6.07 Å². The number of thiazole rings is 1. The fourth-order valence-electron chi connectivity index (χ4n) is 2.53. The Balaban J connectivity index is 1.51. The van der Waals surface area contributed by atoms with Crippen LogP contribution in [-0.2, 0) is 11.2 Å². The zero-order valence-electron chi connectivity index (χ0n) is 15.7. The predicted octanol–water partition coefficient (Wildman–Crippen LogP) is 3.59. The molecular weight excluding hydrogens is 374 g/mol. The van der Waals surface area contributed by atoms with Crippen molar-refractivity contribution in [3.8, 4) is 22.9 Å². The minimum atomic E-state index is -0.167. The van der Waals surface area contributed by atoms with Crippen molar-refractivity contribution in [3.05, 3.63) is 64.6 Å². The highest BCUT2D eigenvalue weighted by Gasteiger charge is 2.06. The summed E-state index contributed by atoms with van der Waals surface area (Å²) in [4.78, 5) is 20.9. The quantitative estimate of drug-likeness (QED) is 0.590. The molecule has 3 aromatic rings. The smallest absolute Gasteiger partial charge is 0.244 e. The van der Waals surface area contributed by atoms with Crippen LogP contribution in [0.25, 0.3) is 17.5 Å². The van der Waals surface area contributed by atoms with Gasteiger partial charge in [0.05, 0.1) is 30.6 Å². The number of amides is 1. The standard InChI is InChI=1S/C21H21N3O3S/c1-26-16-8-6-15(19(13-16)27-2)7-9-20(25)23-12-10-21-24-18(14-28-21)17-5-3-4-11-22-17/h3-9,11,13-14H,10,12H2,1-2H3,(H,23,25)/b9-7+. The summed E-state index contributed by atoms with van der Waals surface area (Å²) in [5.41, 5.74) is 2.52. The Bertz CT molecular complexity index is 955. The van der Waals surface area contributed by atoms with Crippen molar-refractivity contribution in [1.82, 2.24) is 15.3 Å². The Morgan fingerprint density at radius 1 is 1.18 bits per heavy atom. The molecule has 2 aromatic heterocycles. The van der Waals surface area contributed by atoms with Gasteiger partial charge in [0.15, 0.2) is 0 Å². The SMILES string of the molecule is COc1ccc(/C=C/C(=O)NCCc2nc(-c3ccccn3)cs2)c(OC)c1. The lowest BCUT2D eigenvalue weighted by Crippen LogP contribution is -2.23. The molecule has 0 spiro atoms. The maximum absolute atomic E-state index is 12.1. The van der Waals surface area contributed by atoms with Crippen LogP contribution in [0, 0.1) is 0 Å². The molecule has 0 aliphatic rings. The first-order valence-corrected chi connectivity index (χ1v) is 9.61. The summed E-state index contributed by atoms with van der Waals surface area (Å²) < 4.78 is 10.5. The van der Waals surface area contributed by atoms with E-state index in [9.17, 15) is 4.79 Å². The van der Waals surface area contributed by atoms with Crippen LogP contribution >= 0.6 is 11.3 Å². The molecule has 0 fully saturated rings. The van der Waals surface area contributed by atoms with Gasteiger partial charge >= 0.3 is 0 Å². The third kappa shape index (κ3) is 5.17. The van der Waals surface area contributed by atoms with E-state index in [-0.39, 0.29) is 5.91 Å². The lowest BCUT2D eigenvalue weighted by atomic mass is 10.1. The van der Waals surface area contributed by atoms with E-state index in [4.69, 9.17) is 9.47 Å². The maximum Gasteiger partial charge on any atom is 0.244 e. The molecule has 28 heavy (non-hydrogen) atoms. The van der Waals surface area contributed by atoms with Crippen LogP contribution < -0.4 is 14.8 Å². The van der Waals surface area contributed by atoms with Crippen LogP contribution in [0.4, 0.5) is 0 Å². The average Bonchev–Trinajstić information content (AvgIpc) is 3.21. The highest BCUT2D eigenvalue weighted by Crippen LogP contribution is 2.25. The third-order valence-corrected chi connectivity index (χ3v) is 4.88. The number of aromatic nitrogens is 2. The van der Waals surface area contributed by atoms with Gasteiger partial charge in [0, 0.05) is 42.2 Å².